The lowest BCUT2D eigenvalue weighted by Crippen LogP contribution is -2.34. The standard InChI is InChI=1S/C15H27N3O2.C2H6/c1-14(2,3)12-9-11(18(8)16-12)10-17(7)13(19)20-15(4,5)6;1-2/h9H,10H2,1-8H3;1-2H3. The zero-order valence-electron chi connectivity index (χ0n) is 15.9. The summed E-state index contributed by atoms with van der Waals surface area (Å²) in [6.07, 6.45) is -0.323. The van der Waals surface area contributed by atoms with Crippen molar-refractivity contribution in [2.24, 2.45) is 7.05 Å². The first-order valence-electron chi connectivity index (χ1n) is 7.87. The number of hydrogen-bond donors (Lipinski definition) is 0. The van der Waals surface area contributed by atoms with Gasteiger partial charge in [-0.25, -0.2) is 4.79 Å². The van der Waals surface area contributed by atoms with Gasteiger partial charge in [0, 0.05) is 19.5 Å². The van der Waals surface area contributed by atoms with E-state index >= 15 is 0 Å². The van der Waals surface area contributed by atoms with Gasteiger partial charge < -0.3 is 9.64 Å². The van der Waals surface area contributed by atoms with Crippen molar-refractivity contribution in [3.05, 3.63) is 17.5 Å². The highest BCUT2D eigenvalue weighted by Crippen LogP contribution is 2.22. The molecule has 1 heterocycles. The monoisotopic (exact) mass is 311 g/mol. The molecule has 128 valence electrons. The fourth-order valence-corrected chi connectivity index (χ4v) is 1.67. The van der Waals surface area contributed by atoms with Crippen LogP contribution in [-0.4, -0.2) is 33.4 Å². The summed E-state index contributed by atoms with van der Waals surface area (Å²) in [6, 6.07) is 2.04. The molecule has 1 aromatic heterocycles. The number of ether oxygens (including phenoxy) is 1. The number of carbonyl (C=O) groups is 1. The minimum atomic E-state index is -0.478. The van der Waals surface area contributed by atoms with E-state index in [0.29, 0.717) is 6.54 Å². The number of aromatic nitrogens is 2. The van der Waals surface area contributed by atoms with Gasteiger partial charge in [0.1, 0.15) is 5.60 Å². The zero-order valence-corrected chi connectivity index (χ0v) is 15.9. The van der Waals surface area contributed by atoms with Crippen LogP contribution in [0.5, 0.6) is 0 Å². The molecule has 0 fully saturated rings. The molecule has 0 N–H and O–H groups in total. The Hall–Kier alpha value is -1.52. The van der Waals surface area contributed by atoms with E-state index in [1.807, 2.05) is 52.4 Å². The number of rotatable bonds is 2. The number of hydrogen-bond acceptors (Lipinski definition) is 3. The molecule has 0 aliphatic heterocycles. The van der Waals surface area contributed by atoms with Gasteiger partial charge in [0.2, 0.25) is 0 Å². The third-order valence-electron chi connectivity index (χ3n) is 2.85. The van der Waals surface area contributed by atoms with E-state index in [0.717, 1.165) is 11.4 Å². The lowest BCUT2D eigenvalue weighted by Gasteiger charge is -2.24. The summed E-state index contributed by atoms with van der Waals surface area (Å²) in [6.45, 7) is 16.4. The van der Waals surface area contributed by atoms with E-state index in [-0.39, 0.29) is 11.5 Å². The lowest BCUT2D eigenvalue weighted by molar-refractivity contribution is 0.0281. The highest BCUT2D eigenvalue weighted by atomic mass is 16.6. The molecule has 1 amide bonds. The second kappa shape index (κ2) is 7.65. The van der Waals surface area contributed by atoms with Gasteiger partial charge >= 0.3 is 6.09 Å². The quantitative estimate of drug-likeness (QED) is 0.825. The average Bonchev–Trinajstić information content (AvgIpc) is 2.71. The fraction of sp³-hybridized carbons (Fsp3) is 0.765. The van der Waals surface area contributed by atoms with E-state index < -0.39 is 5.60 Å². The van der Waals surface area contributed by atoms with Crippen LogP contribution < -0.4 is 0 Å². The Morgan fingerprint density at radius 2 is 1.73 bits per heavy atom. The zero-order chi connectivity index (χ0) is 17.7. The predicted octanol–water partition coefficient (Wildman–Crippen LogP) is 4.11. The molecule has 0 atom stereocenters. The molecule has 0 aliphatic rings. The van der Waals surface area contributed by atoms with E-state index in [1.165, 1.54) is 0 Å². The van der Waals surface area contributed by atoms with Gasteiger partial charge in [0.15, 0.2) is 0 Å². The van der Waals surface area contributed by atoms with Crippen LogP contribution in [0, 0.1) is 0 Å². The second-order valence-corrected chi connectivity index (χ2v) is 7.23. The van der Waals surface area contributed by atoms with Crippen LogP contribution in [-0.2, 0) is 23.7 Å². The predicted molar refractivity (Wildman–Crippen MR) is 91.0 cm³/mol. The van der Waals surface area contributed by atoms with E-state index in [1.54, 1.807) is 11.9 Å². The molecule has 1 rings (SSSR count). The van der Waals surface area contributed by atoms with Gasteiger partial charge in [-0.1, -0.05) is 34.6 Å². The Labute approximate surface area is 135 Å². The van der Waals surface area contributed by atoms with Crippen molar-refractivity contribution in [2.45, 2.75) is 73.0 Å². The SMILES string of the molecule is CC.CN(Cc1cc(C(C)(C)C)nn1C)C(=O)OC(C)(C)C. The van der Waals surface area contributed by atoms with Gasteiger partial charge in [-0.05, 0) is 26.8 Å². The minimum Gasteiger partial charge on any atom is -0.444 e. The first-order valence-corrected chi connectivity index (χ1v) is 7.87. The Morgan fingerprint density at radius 1 is 1.23 bits per heavy atom. The van der Waals surface area contributed by atoms with Crippen LogP contribution in [0.1, 0.15) is 66.8 Å². The second-order valence-electron chi connectivity index (χ2n) is 7.23. The van der Waals surface area contributed by atoms with Crippen LogP contribution in [0.25, 0.3) is 0 Å². The van der Waals surface area contributed by atoms with Gasteiger partial charge in [0.25, 0.3) is 0 Å². The number of carbonyl (C=O) groups excluding carboxylic acids is 1. The molecule has 0 aromatic carbocycles. The van der Waals surface area contributed by atoms with Crippen LogP contribution >= 0.6 is 0 Å². The Balaban J connectivity index is 0.00000211. The molecule has 0 unspecified atom stereocenters. The Morgan fingerprint density at radius 3 is 2.09 bits per heavy atom. The van der Waals surface area contributed by atoms with Crippen LogP contribution in [0.2, 0.25) is 0 Å². The molecule has 0 saturated carbocycles. The first-order chi connectivity index (χ1) is 9.90. The normalized spacial score (nSPS) is 11.5. The summed E-state index contributed by atoms with van der Waals surface area (Å²) in [5, 5.41) is 4.51. The lowest BCUT2D eigenvalue weighted by atomic mass is 9.92. The van der Waals surface area contributed by atoms with Crippen molar-refractivity contribution in [2.75, 3.05) is 7.05 Å². The molecule has 0 bridgehead atoms. The summed E-state index contributed by atoms with van der Waals surface area (Å²) >= 11 is 0. The van der Waals surface area contributed by atoms with Crippen LogP contribution in [0.15, 0.2) is 6.07 Å². The van der Waals surface area contributed by atoms with Crippen LogP contribution in [0.4, 0.5) is 4.79 Å². The third-order valence-corrected chi connectivity index (χ3v) is 2.85. The molecule has 0 aliphatic carbocycles. The topological polar surface area (TPSA) is 47.4 Å². The molecule has 5 nitrogen and oxygen atoms in total. The first kappa shape index (κ1) is 20.5. The number of aryl methyl sites for hydroxylation is 1. The molecule has 0 radical (unpaired) electrons. The molecular weight excluding hydrogens is 278 g/mol. The van der Waals surface area contributed by atoms with E-state index in [9.17, 15) is 4.79 Å². The Kier molecular flexibility index (Phi) is 7.13. The summed E-state index contributed by atoms with van der Waals surface area (Å²) in [4.78, 5) is 13.5. The molecule has 5 heteroatoms. The highest BCUT2D eigenvalue weighted by molar-refractivity contribution is 5.67. The smallest absolute Gasteiger partial charge is 0.410 e. The summed E-state index contributed by atoms with van der Waals surface area (Å²) in [7, 11) is 3.63. The van der Waals surface area contributed by atoms with E-state index in [2.05, 4.69) is 25.9 Å². The maximum Gasteiger partial charge on any atom is 0.410 e. The molecular formula is C17H33N3O2. The maximum absolute atomic E-state index is 12.0. The summed E-state index contributed by atoms with van der Waals surface area (Å²) in [5.41, 5.74) is 1.53. The largest absolute Gasteiger partial charge is 0.444 e. The molecule has 1 aromatic rings. The van der Waals surface area contributed by atoms with Crippen molar-refractivity contribution in [1.82, 2.24) is 14.7 Å². The van der Waals surface area contributed by atoms with Gasteiger partial charge in [-0.3, -0.25) is 4.68 Å². The molecule has 0 saturated heterocycles. The summed E-state index contributed by atoms with van der Waals surface area (Å²) in [5.74, 6) is 0. The molecule has 22 heavy (non-hydrogen) atoms. The summed E-state index contributed by atoms with van der Waals surface area (Å²) < 4.78 is 7.16. The van der Waals surface area contributed by atoms with Crippen LogP contribution in [0.3, 0.4) is 0 Å². The molecule has 0 spiro atoms. The van der Waals surface area contributed by atoms with Crippen molar-refractivity contribution in [3.8, 4) is 0 Å². The van der Waals surface area contributed by atoms with Gasteiger partial charge in [0.05, 0.1) is 17.9 Å². The van der Waals surface area contributed by atoms with Gasteiger partial charge in [-0.15, -0.1) is 0 Å². The van der Waals surface area contributed by atoms with Crippen molar-refractivity contribution < 1.29 is 9.53 Å². The van der Waals surface area contributed by atoms with Gasteiger partial charge in [-0.2, -0.15) is 5.10 Å². The van der Waals surface area contributed by atoms with Crippen molar-refractivity contribution >= 4 is 6.09 Å². The van der Waals surface area contributed by atoms with E-state index in [4.69, 9.17) is 4.74 Å². The average molecular weight is 311 g/mol. The van der Waals surface area contributed by atoms with Crippen molar-refractivity contribution in [1.29, 1.82) is 0 Å². The maximum atomic E-state index is 12.0. The fourth-order valence-electron chi connectivity index (χ4n) is 1.67. The van der Waals surface area contributed by atoms with Crippen molar-refractivity contribution in [3.63, 3.8) is 0 Å². The number of nitrogens with zero attached hydrogens (tertiary/aromatic N) is 3. The third kappa shape index (κ3) is 6.50. The number of amides is 1. The Bertz CT molecular complexity index is 479. The highest BCUT2D eigenvalue weighted by Gasteiger charge is 2.22. The minimum absolute atomic E-state index is 0.000496.